The van der Waals surface area contributed by atoms with Crippen LogP contribution in [0.2, 0.25) is 0 Å². The highest BCUT2D eigenvalue weighted by Gasteiger charge is 2.06. The third-order valence-electron chi connectivity index (χ3n) is 2.13. The van der Waals surface area contributed by atoms with Crippen molar-refractivity contribution in [3.05, 3.63) is 30.5 Å². The molecule has 3 N–H and O–H groups in total. The van der Waals surface area contributed by atoms with Gasteiger partial charge in [0, 0.05) is 11.6 Å². The summed E-state index contributed by atoms with van der Waals surface area (Å²) in [7, 11) is 0. The number of aromatic nitrogens is 1. The minimum Gasteiger partial charge on any atom is -0.506 e. The number of rotatable bonds is 2. The monoisotopic (exact) mass is 235 g/mol. The highest BCUT2D eigenvalue weighted by molar-refractivity contribution is 6.28. The van der Waals surface area contributed by atoms with Crippen LogP contribution in [0, 0.1) is 0 Å². The van der Waals surface area contributed by atoms with Crippen LogP contribution in [0.3, 0.4) is 0 Å². The fourth-order valence-corrected chi connectivity index (χ4v) is 1.48. The molecule has 0 aliphatic carbocycles. The number of nitrogens with two attached hydrogens (primary N) is 1. The van der Waals surface area contributed by atoms with Gasteiger partial charge in [-0.05, 0) is 24.3 Å². The van der Waals surface area contributed by atoms with E-state index in [1.54, 1.807) is 18.3 Å². The maximum Gasteiger partial charge on any atom is 0.142 e. The minimum absolute atomic E-state index is 0.0635. The number of phenolic OH excluding ortho intramolecular Hbond substituents is 1. The Morgan fingerprint density at radius 3 is 3.00 bits per heavy atom. The molecule has 1 aromatic carbocycles. The fourth-order valence-electron chi connectivity index (χ4n) is 1.42. The molecule has 1 aromatic heterocycles. The topological polar surface area (TPSA) is 71.5 Å². The molecule has 5 heteroatoms. The number of aromatic hydroxyl groups is 1. The molecule has 0 amide bonds. The summed E-state index contributed by atoms with van der Waals surface area (Å²) in [5.41, 5.74) is 6.71. The number of phenols is 1. The molecule has 0 bridgehead atoms. The van der Waals surface area contributed by atoms with Crippen LogP contribution in [0.25, 0.3) is 10.9 Å². The van der Waals surface area contributed by atoms with Crippen molar-refractivity contribution in [1.82, 2.24) is 4.98 Å². The lowest BCUT2D eigenvalue weighted by atomic mass is 10.1. The molecule has 2 aromatic rings. The molecular formula is C11H10ClN3O. The van der Waals surface area contributed by atoms with Gasteiger partial charge in [-0.1, -0.05) is 0 Å². The lowest BCUT2D eigenvalue weighted by Crippen LogP contribution is -2.12. The maximum absolute atomic E-state index is 9.72. The SMILES string of the molecule is NC(CCl)=Nc1c(O)ccc2ncccc12. The van der Waals surface area contributed by atoms with E-state index in [2.05, 4.69) is 9.98 Å². The first-order chi connectivity index (χ1) is 7.72. The molecule has 0 aliphatic heterocycles. The van der Waals surface area contributed by atoms with E-state index in [0.717, 1.165) is 10.9 Å². The number of pyridine rings is 1. The average Bonchev–Trinajstić information content (AvgIpc) is 2.32. The quantitative estimate of drug-likeness (QED) is 0.476. The Kier molecular flexibility index (Phi) is 2.92. The first-order valence-corrected chi connectivity index (χ1v) is 5.21. The van der Waals surface area contributed by atoms with E-state index in [1.165, 1.54) is 6.07 Å². The second-order valence-electron chi connectivity index (χ2n) is 3.24. The summed E-state index contributed by atoms with van der Waals surface area (Å²) in [6, 6.07) is 6.86. The standard InChI is InChI=1S/C11H10ClN3O/c12-6-10(13)15-11-7-2-1-5-14-8(7)3-4-9(11)16/h1-5,16H,6H2,(H2,13,15). The molecule has 0 saturated carbocycles. The number of benzene rings is 1. The number of nitrogens with zero attached hydrogens (tertiary/aromatic N) is 2. The van der Waals surface area contributed by atoms with Gasteiger partial charge >= 0.3 is 0 Å². The predicted octanol–water partition coefficient (Wildman–Crippen LogP) is 2.17. The number of alkyl halides is 1. The van der Waals surface area contributed by atoms with Crippen LogP contribution < -0.4 is 5.73 Å². The average molecular weight is 236 g/mol. The normalized spacial score (nSPS) is 11.9. The second-order valence-corrected chi connectivity index (χ2v) is 3.51. The first kappa shape index (κ1) is 10.7. The van der Waals surface area contributed by atoms with E-state index >= 15 is 0 Å². The smallest absolute Gasteiger partial charge is 0.142 e. The number of halogens is 1. The maximum atomic E-state index is 9.72. The Bertz CT molecular complexity index is 554. The van der Waals surface area contributed by atoms with Crippen LogP contribution in [0.1, 0.15) is 0 Å². The van der Waals surface area contributed by atoms with Crippen LogP contribution in [0.4, 0.5) is 5.69 Å². The lowest BCUT2D eigenvalue weighted by molar-refractivity contribution is 0.477. The summed E-state index contributed by atoms with van der Waals surface area (Å²) in [6.45, 7) is 0. The summed E-state index contributed by atoms with van der Waals surface area (Å²) in [6.07, 6.45) is 1.68. The Labute approximate surface area is 97.4 Å². The largest absolute Gasteiger partial charge is 0.506 e. The van der Waals surface area contributed by atoms with Crippen molar-refractivity contribution in [2.75, 3.05) is 5.88 Å². The highest BCUT2D eigenvalue weighted by atomic mass is 35.5. The molecule has 0 unspecified atom stereocenters. The van der Waals surface area contributed by atoms with Gasteiger partial charge in [-0.2, -0.15) is 0 Å². The molecule has 1 heterocycles. The van der Waals surface area contributed by atoms with Crippen molar-refractivity contribution in [2.24, 2.45) is 10.7 Å². The van der Waals surface area contributed by atoms with Gasteiger partial charge in [-0.25, -0.2) is 4.99 Å². The van der Waals surface area contributed by atoms with Crippen LogP contribution in [0.5, 0.6) is 5.75 Å². The van der Waals surface area contributed by atoms with E-state index < -0.39 is 0 Å². The van der Waals surface area contributed by atoms with Crippen LogP contribution in [0.15, 0.2) is 35.5 Å². The van der Waals surface area contributed by atoms with E-state index in [1.807, 2.05) is 6.07 Å². The van der Waals surface area contributed by atoms with E-state index in [4.69, 9.17) is 17.3 Å². The van der Waals surface area contributed by atoms with Crippen molar-refractivity contribution in [3.8, 4) is 5.75 Å². The zero-order valence-corrected chi connectivity index (χ0v) is 9.15. The van der Waals surface area contributed by atoms with Crippen molar-refractivity contribution in [2.45, 2.75) is 0 Å². The first-order valence-electron chi connectivity index (χ1n) is 4.68. The van der Waals surface area contributed by atoms with Gasteiger partial charge in [0.15, 0.2) is 0 Å². The van der Waals surface area contributed by atoms with Crippen LogP contribution >= 0.6 is 11.6 Å². The van der Waals surface area contributed by atoms with Crippen molar-refractivity contribution < 1.29 is 5.11 Å². The van der Waals surface area contributed by atoms with E-state index in [9.17, 15) is 5.11 Å². The third-order valence-corrected chi connectivity index (χ3v) is 2.40. The van der Waals surface area contributed by atoms with Crippen LogP contribution in [-0.4, -0.2) is 21.8 Å². The molecule has 0 fully saturated rings. The Balaban J connectivity index is 2.71. The summed E-state index contributed by atoms with van der Waals surface area (Å²) in [4.78, 5) is 8.24. The predicted molar refractivity (Wildman–Crippen MR) is 65.4 cm³/mol. The number of aliphatic imine (C=N–C) groups is 1. The summed E-state index contributed by atoms with van der Waals surface area (Å²) in [5.74, 6) is 0.442. The number of amidine groups is 1. The summed E-state index contributed by atoms with van der Waals surface area (Å²) < 4.78 is 0. The zero-order valence-electron chi connectivity index (χ0n) is 8.39. The summed E-state index contributed by atoms with van der Waals surface area (Å²) in [5, 5.41) is 10.5. The van der Waals surface area contributed by atoms with Gasteiger partial charge in [-0.15, -0.1) is 11.6 Å². The van der Waals surface area contributed by atoms with Crippen molar-refractivity contribution in [1.29, 1.82) is 0 Å². The van der Waals surface area contributed by atoms with Gasteiger partial charge in [0.25, 0.3) is 0 Å². The Morgan fingerprint density at radius 2 is 2.25 bits per heavy atom. The van der Waals surface area contributed by atoms with E-state index in [-0.39, 0.29) is 17.5 Å². The fraction of sp³-hybridized carbons (Fsp3) is 0.0909. The van der Waals surface area contributed by atoms with Crippen molar-refractivity contribution in [3.63, 3.8) is 0 Å². The lowest BCUT2D eigenvalue weighted by Gasteiger charge is -2.04. The minimum atomic E-state index is 0.0635. The zero-order chi connectivity index (χ0) is 11.5. The molecule has 4 nitrogen and oxygen atoms in total. The van der Waals surface area contributed by atoms with E-state index in [0.29, 0.717) is 5.69 Å². The molecule has 0 spiro atoms. The molecule has 0 aliphatic rings. The van der Waals surface area contributed by atoms with Gasteiger partial charge < -0.3 is 10.8 Å². The van der Waals surface area contributed by atoms with Gasteiger partial charge in [0.2, 0.25) is 0 Å². The molecule has 0 radical (unpaired) electrons. The highest BCUT2D eigenvalue weighted by Crippen LogP contribution is 2.33. The van der Waals surface area contributed by atoms with Gasteiger partial charge in [-0.3, -0.25) is 4.98 Å². The Hall–Kier alpha value is -1.81. The summed E-state index contributed by atoms with van der Waals surface area (Å²) >= 11 is 5.55. The third kappa shape index (κ3) is 1.92. The second kappa shape index (κ2) is 4.37. The number of hydrogen-bond acceptors (Lipinski definition) is 3. The molecule has 2 rings (SSSR count). The molecule has 16 heavy (non-hydrogen) atoms. The van der Waals surface area contributed by atoms with Crippen LogP contribution in [-0.2, 0) is 0 Å². The molecule has 82 valence electrons. The number of fused-ring (bicyclic) bond motifs is 1. The molecule has 0 saturated heterocycles. The van der Waals surface area contributed by atoms with Gasteiger partial charge in [0.1, 0.15) is 17.3 Å². The number of hydrogen-bond donors (Lipinski definition) is 2. The van der Waals surface area contributed by atoms with Crippen molar-refractivity contribution >= 4 is 34.0 Å². The van der Waals surface area contributed by atoms with Gasteiger partial charge in [0.05, 0.1) is 11.4 Å². The Morgan fingerprint density at radius 1 is 1.44 bits per heavy atom. The molecular weight excluding hydrogens is 226 g/mol. The molecule has 0 atom stereocenters.